The van der Waals surface area contributed by atoms with Crippen LogP contribution in [0.1, 0.15) is 162 Å². The van der Waals surface area contributed by atoms with Crippen LogP contribution in [0.25, 0.3) is 10.9 Å². The van der Waals surface area contributed by atoms with Gasteiger partial charge in [0, 0.05) is 69.0 Å². The second kappa shape index (κ2) is 27.4. The highest BCUT2D eigenvalue weighted by Crippen LogP contribution is 2.39. The van der Waals surface area contributed by atoms with Crippen LogP contribution in [0.2, 0.25) is 0 Å². The molecule has 0 amide bonds. The first-order chi connectivity index (χ1) is 31.3. The van der Waals surface area contributed by atoms with Crippen molar-refractivity contribution in [3.8, 4) is 5.75 Å². The van der Waals surface area contributed by atoms with Crippen LogP contribution in [0, 0.1) is 0 Å². The highest BCUT2D eigenvalue weighted by molar-refractivity contribution is 7.91. The van der Waals surface area contributed by atoms with Crippen molar-refractivity contribution < 1.29 is 17.7 Å². The fourth-order valence-corrected chi connectivity index (χ4v) is 12.6. The Labute approximate surface area is 392 Å². The lowest BCUT2D eigenvalue weighted by molar-refractivity contribution is 0.0437. The number of piperazine rings is 1. The summed E-state index contributed by atoms with van der Waals surface area (Å²) in [5, 5.41) is 0.747. The van der Waals surface area contributed by atoms with E-state index in [0.717, 1.165) is 57.2 Å². The van der Waals surface area contributed by atoms with Crippen LogP contribution in [0.5, 0.6) is 5.75 Å². The first-order valence-corrected chi connectivity index (χ1v) is 29.0. The monoisotopic (exact) mass is 920 g/mol. The number of aromatic nitrogens is 1. The maximum atomic E-state index is 14.6. The van der Waals surface area contributed by atoms with E-state index in [1.165, 1.54) is 161 Å². The van der Waals surface area contributed by atoms with Gasteiger partial charge in [0.25, 0.3) is 0 Å². The van der Waals surface area contributed by atoms with E-state index < -0.39 is 21.0 Å². The molecule has 0 bridgehead atoms. The summed E-state index contributed by atoms with van der Waals surface area (Å²) >= 11 is -1.21. The number of piperidine rings is 2. The number of unbranched alkanes of at least 4 members (excludes halogenated alkanes) is 17. The SMILES string of the molecule is CCCCCCCCCCCCCCCCCCCCOc1ccc(S(=O)(=O)c2cnc3ccc([S+](C)[O-])cc3c2N2CCC(N3CCC(N4CCN(CCC)CC4)CC3)CC2)cc1. The molecule has 0 saturated carbocycles. The molecule has 3 aliphatic heterocycles. The Morgan fingerprint density at radius 3 is 1.69 bits per heavy atom. The fourth-order valence-electron chi connectivity index (χ4n) is 10.6. The van der Waals surface area contributed by atoms with Gasteiger partial charge in [0.15, 0.2) is 4.90 Å². The molecule has 6 rings (SSSR count). The van der Waals surface area contributed by atoms with Crippen LogP contribution in [0.4, 0.5) is 5.69 Å². The van der Waals surface area contributed by atoms with Gasteiger partial charge in [0.05, 0.1) is 22.7 Å². The zero-order chi connectivity index (χ0) is 45.0. The molecule has 3 fully saturated rings. The van der Waals surface area contributed by atoms with Crippen molar-refractivity contribution in [2.24, 2.45) is 0 Å². The third kappa shape index (κ3) is 15.3. The van der Waals surface area contributed by atoms with Crippen molar-refractivity contribution in [1.82, 2.24) is 19.7 Å². The summed E-state index contributed by atoms with van der Waals surface area (Å²) in [5.41, 5.74) is 1.40. The highest BCUT2D eigenvalue weighted by Gasteiger charge is 2.34. The summed E-state index contributed by atoms with van der Waals surface area (Å²) in [5.74, 6) is 0.693. The van der Waals surface area contributed by atoms with E-state index in [2.05, 4.69) is 38.4 Å². The third-order valence-corrected chi connectivity index (χ3v) is 17.2. The maximum absolute atomic E-state index is 14.6. The molecule has 4 heterocycles. The van der Waals surface area contributed by atoms with Crippen LogP contribution < -0.4 is 9.64 Å². The lowest BCUT2D eigenvalue weighted by Gasteiger charge is -2.46. The molecule has 0 spiro atoms. The smallest absolute Gasteiger partial charge is 0.210 e. The summed E-state index contributed by atoms with van der Waals surface area (Å²) in [6.45, 7) is 15.0. The molecule has 2 aromatic carbocycles. The molecular formula is C53H85N5O4S2. The first kappa shape index (κ1) is 51.0. The molecule has 11 heteroatoms. The van der Waals surface area contributed by atoms with E-state index in [1.807, 2.05) is 18.2 Å². The van der Waals surface area contributed by atoms with Gasteiger partial charge in [-0.2, -0.15) is 0 Å². The van der Waals surface area contributed by atoms with Crippen molar-refractivity contribution in [3.63, 3.8) is 0 Å². The minimum absolute atomic E-state index is 0.213. The van der Waals surface area contributed by atoms with Gasteiger partial charge in [-0.1, -0.05) is 123 Å². The van der Waals surface area contributed by atoms with Gasteiger partial charge in [-0.25, -0.2) is 8.42 Å². The van der Waals surface area contributed by atoms with Crippen molar-refractivity contribution >= 4 is 37.6 Å². The summed E-state index contributed by atoms with van der Waals surface area (Å²) in [6.07, 6.45) is 33.1. The summed E-state index contributed by atoms with van der Waals surface area (Å²) in [7, 11) is -3.93. The van der Waals surface area contributed by atoms with Gasteiger partial charge in [-0.15, -0.1) is 0 Å². The van der Waals surface area contributed by atoms with Crippen LogP contribution in [-0.4, -0.2) is 117 Å². The van der Waals surface area contributed by atoms with Crippen LogP contribution in [0.15, 0.2) is 63.3 Å². The number of hydrogen-bond acceptors (Lipinski definition) is 9. The molecule has 1 aromatic heterocycles. The number of pyridine rings is 1. The number of benzene rings is 2. The topological polar surface area (TPSA) is 92.3 Å². The number of anilines is 1. The molecule has 9 nitrogen and oxygen atoms in total. The molecule has 0 N–H and O–H groups in total. The normalized spacial score (nSPS) is 18.3. The molecule has 358 valence electrons. The molecule has 0 radical (unpaired) electrons. The number of nitrogens with zero attached hydrogens (tertiary/aromatic N) is 5. The van der Waals surface area contributed by atoms with Gasteiger partial charge >= 0.3 is 0 Å². The summed E-state index contributed by atoms with van der Waals surface area (Å²) < 4.78 is 47.9. The average Bonchev–Trinajstić information content (AvgIpc) is 3.32. The minimum Gasteiger partial charge on any atom is -0.612 e. The first-order valence-electron chi connectivity index (χ1n) is 26.0. The number of fused-ring (bicyclic) bond motifs is 1. The standard InChI is InChI=1S/C53H85N5O4S2/c1-4-6-7-8-9-10-11-12-13-14-15-16-17-18-19-20-21-22-42-62-47-23-26-49(27-24-47)64(60,61)52-44-54-51-28-25-48(63(3)59)43-50(51)53(52)58-36-31-45(32-37-58)56-34-29-46(30-35-56)57-40-38-55(33-5-2)39-41-57/h23-28,43-46H,4-22,29-42H2,1-3H3. The molecule has 1 atom stereocenters. The fraction of sp³-hybridized carbons (Fsp3) is 0.717. The average molecular weight is 920 g/mol. The Bertz CT molecular complexity index is 1870. The second-order valence-electron chi connectivity index (χ2n) is 19.3. The molecule has 1 unspecified atom stereocenters. The molecule has 64 heavy (non-hydrogen) atoms. The Morgan fingerprint density at radius 2 is 1.16 bits per heavy atom. The molecule has 3 saturated heterocycles. The van der Waals surface area contributed by atoms with Gasteiger partial charge in [0.1, 0.15) is 16.9 Å². The van der Waals surface area contributed by atoms with Crippen molar-refractivity contribution in [2.45, 2.75) is 188 Å². The number of ether oxygens (including phenoxy) is 1. The summed E-state index contributed by atoms with van der Waals surface area (Å²) in [4.78, 5) is 16.1. The Hall–Kier alpha value is -2.41. The predicted molar refractivity (Wildman–Crippen MR) is 268 cm³/mol. The van der Waals surface area contributed by atoms with Crippen molar-refractivity contribution in [3.05, 3.63) is 48.7 Å². The molecular weight excluding hydrogens is 835 g/mol. The van der Waals surface area contributed by atoms with Crippen LogP contribution in [-0.2, 0) is 21.0 Å². The number of hydrogen-bond donors (Lipinski definition) is 0. The van der Waals surface area contributed by atoms with E-state index in [4.69, 9.17) is 4.74 Å². The van der Waals surface area contributed by atoms with Gasteiger partial charge < -0.3 is 24.0 Å². The van der Waals surface area contributed by atoms with Gasteiger partial charge in [0.2, 0.25) is 9.84 Å². The molecule has 3 aromatic rings. The van der Waals surface area contributed by atoms with E-state index >= 15 is 0 Å². The minimum atomic E-state index is -3.93. The largest absolute Gasteiger partial charge is 0.612 e. The second-order valence-corrected chi connectivity index (χ2v) is 22.6. The van der Waals surface area contributed by atoms with Crippen LogP contribution >= 0.6 is 0 Å². The van der Waals surface area contributed by atoms with Crippen molar-refractivity contribution in [1.29, 1.82) is 0 Å². The molecule has 3 aliphatic rings. The van der Waals surface area contributed by atoms with Crippen LogP contribution in [0.3, 0.4) is 0 Å². The Morgan fingerprint density at radius 1 is 0.641 bits per heavy atom. The van der Waals surface area contributed by atoms with Crippen molar-refractivity contribution in [2.75, 3.05) is 76.7 Å². The quantitative estimate of drug-likeness (QED) is 0.0521. The van der Waals surface area contributed by atoms with E-state index in [1.54, 1.807) is 30.5 Å². The lowest BCUT2D eigenvalue weighted by Crippen LogP contribution is -2.55. The van der Waals surface area contributed by atoms with Gasteiger partial charge in [-0.3, -0.25) is 9.88 Å². The predicted octanol–water partition coefficient (Wildman–Crippen LogP) is 11.7. The number of likely N-dealkylation sites (tertiary alicyclic amines) is 1. The van der Waals surface area contributed by atoms with E-state index in [9.17, 15) is 13.0 Å². The lowest BCUT2D eigenvalue weighted by atomic mass is 9.96. The summed E-state index contributed by atoms with van der Waals surface area (Å²) in [6, 6.07) is 13.7. The Balaban J connectivity index is 0.946. The number of sulfone groups is 1. The molecule has 0 aliphatic carbocycles. The third-order valence-electron chi connectivity index (χ3n) is 14.6. The maximum Gasteiger partial charge on any atom is 0.210 e. The number of rotatable bonds is 28. The Kier molecular flexibility index (Phi) is 21.8. The zero-order valence-corrected chi connectivity index (χ0v) is 41.9. The zero-order valence-electron chi connectivity index (χ0n) is 40.3. The van der Waals surface area contributed by atoms with Gasteiger partial charge in [-0.05, 0) is 106 Å². The van der Waals surface area contributed by atoms with E-state index in [0.29, 0.717) is 40.5 Å². The van der Waals surface area contributed by atoms with E-state index in [-0.39, 0.29) is 9.79 Å². The highest BCUT2D eigenvalue weighted by atomic mass is 32.2.